The number of rotatable bonds is 7. The minimum absolute atomic E-state index is 0.0267. The number of hydrogen-bond acceptors (Lipinski definition) is 4. The van der Waals surface area contributed by atoms with E-state index < -0.39 is 18.7 Å². The highest BCUT2D eigenvalue weighted by Crippen LogP contribution is 2.13. The second kappa shape index (κ2) is 7.77. The summed E-state index contributed by atoms with van der Waals surface area (Å²) in [5.41, 5.74) is -0.291. The highest BCUT2D eigenvalue weighted by atomic mass is 19.4. The van der Waals surface area contributed by atoms with E-state index in [1.807, 2.05) is 6.92 Å². The van der Waals surface area contributed by atoms with Crippen LogP contribution in [0.2, 0.25) is 0 Å². The molecule has 0 atom stereocenters. The summed E-state index contributed by atoms with van der Waals surface area (Å²) in [6.07, 6.45) is -3.70. The quantitative estimate of drug-likeness (QED) is 0.762. The van der Waals surface area contributed by atoms with E-state index in [2.05, 4.69) is 15.2 Å². The van der Waals surface area contributed by atoms with Gasteiger partial charge in [0.2, 0.25) is 0 Å². The SMILES string of the molecule is CCCn1nc(C(=O)NCCOCC(F)(F)F)ccc1=O. The summed E-state index contributed by atoms with van der Waals surface area (Å²) in [5, 5.41) is 6.24. The number of aromatic nitrogens is 2. The van der Waals surface area contributed by atoms with Crippen LogP contribution in [0.5, 0.6) is 0 Å². The van der Waals surface area contributed by atoms with Gasteiger partial charge < -0.3 is 10.1 Å². The largest absolute Gasteiger partial charge is 0.411 e. The van der Waals surface area contributed by atoms with Crippen molar-refractivity contribution in [3.05, 3.63) is 28.2 Å². The van der Waals surface area contributed by atoms with Crippen LogP contribution in [0, 0.1) is 0 Å². The van der Waals surface area contributed by atoms with Crippen molar-refractivity contribution in [2.45, 2.75) is 26.1 Å². The predicted molar refractivity (Wildman–Crippen MR) is 68.0 cm³/mol. The van der Waals surface area contributed by atoms with Crippen molar-refractivity contribution < 1.29 is 22.7 Å². The van der Waals surface area contributed by atoms with E-state index in [1.165, 1.54) is 12.1 Å². The summed E-state index contributed by atoms with van der Waals surface area (Å²) in [7, 11) is 0. The first-order chi connectivity index (χ1) is 9.83. The van der Waals surface area contributed by atoms with Gasteiger partial charge in [-0.1, -0.05) is 6.92 Å². The van der Waals surface area contributed by atoms with Crippen molar-refractivity contribution in [2.24, 2.45) is 0 Å². The van der Waals surface area contributed by atoms with Gasteiger partial charge in [-0.05, 0) is 12.5 Å². The molecule has 0 spiro atoms. The van der Waals surface area contributed by atoms with Gasteiger partial charge in [0.15, 0.2) is 0 Å². The van der Waals surface area contributed by atoms with Crippen molar-refractivity contribution in [3.8, 4) is 0 Å². The Morgan fingerprint density at radius 1 is 1.43 bits per heavy atom. The Labute approximate surface area is 118 Å². The number of alkyl halides is 3. The molecule has 0 unspecified atom stereocenters. The van der Waals surface area contributed by atoms with Crippen molar-refractivity contribution in [1.82, 2.24) is 15.1 Å². The summed E-state index contributed by atoms with van der Waals surface area (Å²) in [4.78, 5) is 23.1. The Morgan fingerprint density at radius 3 is 2.76 bits per heavy atom. The fourth-order valence-electron chi connectivity index (χ4n) is 1.46. The van der Waals surface area contributed by atoms with Gasteiger partial charge in [-0.15, -0.1) is 0 Å². The van der Waals surface area contributed by atoms with Gasteiger partial charge in [-0.3, -0.25) is 9.59 Å². The summed E-state index contributed by atoms with van der Waals surface area (Å²) >= 11 is 0. The van der Waals surface area contributed by atoms with E-state index in [1.54, 1.807) is 0 Å². The van der Waals surface area contributed by atoms with E-state index in [9.17, 15) is 22.8 Å². The Bertz CT molecular complexity index is 528. The zero-order valence-corrected chi connectivity index (χ0v) is 11.4. The van der Waals surface area contributed by atoms with Crippen molar-refractivity contribution in [2.75, 3.05) is 19.8 Å². The zero-order chi connectivity index (χ0) is 15.9. The number of amides is 1. The van der Waals surface area contributed by atoms with Crippen LogP contribution in [-0.2, 0) is 11.3 Å². The molecule has 0 fully saturated rings. The Balaban J connectivity index is 2.45. The van der Waals surface area contributed by atoms with Gasteiger partial charge in [-0.25, -0.2) is 4.68 Å². The maximum atomic E-state index is 11.8. The second-order valence-electron chi connectivity index (χ2n) is 4.20. The van der Waals surface area contributed by atoms with E-state index in [0.29, 0.717) is 13.0 Å². The Kier molecular flexibility index (Phi) is 6.35. The molecule has 0 aromatic carbocycles. The third kappa shape index (κ3) is 6.39. The summed E-state index contributed by atoms with van der Waals surface area (Å²) < 4.78 is 40.9. The molecule has 9 heteroatoms. The molecule has 0 saturated carbocycles. The third-order valence-electron chi connectivity index (χ3n) is 2.33. The number of nitrogens with zero attached hydrogens (tertiary/aromatic N) is 2. The smallest absolute Gasteiger partial charge is 0.370 e. The summed E-state index contributed by atoms with van der Waals surface area (Å²) in [6.45, 7) is 0.541. The van der Waals surface area contributed by atoms with Gasteiger partial charge in [0, 0.05) is 19.2 Å². The van der Waals surface area contributed by atoms with E-state index in [-0.39, 0.29) is 24.4 Å². The first-order valence-corrected chi connectivity index (χ1v) is 6.34. The lowest BCUT2D eigenvalue weighted by Gasteiger charge is -2.09. The van der Waals surface area contributed by atoms with Crippen LogP contribution >= 0.6 is 0 Å². The molecule has 6 nitrogen and oxygen atoms in total. The molecule has 1 N–H and O–H groups in total. The molecule has 1 rings (SSSR count). The molecule has 0 aliphatic carbocycles. The minimum atomic E-state index is -4.39. The highest BCUT2D eigenvalue weighted by Gasteiger charge is 2.27. The van der Waals surface area contributed by atoms with Crippen molar-refractivity contribution in [3.63, 3.8) is 0 Å². The standard InChI is InChI=1S/C12H16F3N3O3/c1-2-6-18-10(19)4-3-9(17-18)11(20)16-5-7-21-8-12(13,14)15/h3-4H,2,5-8H2,1H3,(H,16,20). The van der Waals surface area contributed by atoms with Crippen LogP contribution in [0.3, 0.4) is 0 Å². The minimum Gasteiger partial charge on any atom is -0.370 e. The number of nitrogens with one attached hydrogen (secondary N) is 1. The monoisotopic (exact) mass is 307 g/mol. The number of carbonyl (C=O) groups excluding carboxylic acids is 1. The van der Waals surface area contributed by atoms with Gasteiger partial charge in [-0.2, -0.15) is 18.3 Å². The van der Waals surface area contributed by atoms with Gasteiger partial charge in [0.05, 0.1) is 6.61 Å². The van der Waals surface area contributed by atoms with Crippen LogP contribution in [0.25, 0.3) is 0 Å². The molecule has 1 amide bonds. The molecule has 118 valence electrons. The second-order valence-corrected chi connectivity index (χ2v) is 4.20. The van der Waals surface area contributed by atoms with E-state index in [0.717, 1.165) is 4.68 Å². The lowest BCUT2D eigenvalue weighted by molar-refractivity contribution is -0.173. The number of aryl methyl sites for hydroxylation is 1. The lowest BCUT2D eigenvalue weighted by Crippen LogP contribution is -2.32. The average molecular weight is 307 g/mol. The average Bonchev–Trinajstić information content (AvgIpc) is 2.39. The number of ether oxygens (including phenoxy) is 1. The fraction of sp³-hybridized carbons (Fsp3) is 0.583. The zero-order valence-electron chi connectivity index (χ0n) is 11.4. The highest BCUT2D eigenvalue weighted by molar-refractivity contribution is 5.91. The number of halogens is 3. The maximum Gasteiger partial charge on any atom is 0.411 e. The molecule has 0 aliphatic rings. The Morgan fingerprint density at radius 2 is 2.14 bits per heavy atom. The van der Waals surface area contributed by atoms with Crippen molar-refractivity contribution >= 4 is 5.91 Å². The van der Waals surface area contributed by atoms with Crippen LogP contribution in [0.4, 0.5) is 13.2 Å². The van der Waals surface area contributed by atoms with Crippen LogP contribution < -0.4 is 10.9 Å². The molecule has 1 aromatic rings. The molecule has 0 bridgehead atoms. The molecular formula is C12H16F3N3O3. The molecule has 21 heavy (non-hydrogen) atoms. The summed E-state index contributed by atoms with van der Waals surface area (Å²) in [5.74, 6) is -0.574. The van der Waals surface area contributed by atoms with Gasteiger partial charge >= 0.3 is 6.18 Å². The topological polar surface area (TPSA) is 73.2 Å². The molecule has 0 saturated heterocycles. The molecule has 0 aliphatic heterocycles. The van der Waals surface area contributed by atoms with Crippen LogP contribution in [-0.4, -0.2) is 41.6 Å². The van der Waals surface area contributed by atoms with E-state index in [4.69, 9.17) is 0 Å². The number of hydrogen-bond donors (Lipinski definition) is 1. The molecule has 1 heterocycles. The van der Waals surface area contributed by atoms with Gasteiger partial charge in [0.1, 0.15) is 12.3 Å². The normalized spacial score (nSPS) is 11.4. The van der Waals surface area contributed by atoms with Crippen molar-refractivity contribution in [1.29, 1.82) is 0 Å². The molecule has 1 aromatic heterocycles. The summed E-state index contributed by atoms with van der Waals surface area (Å²) in [6, 6.07) is 2.48. The molecule has 0 radical (unpaired) electrons. The third-order valence-corrected chi connectivity index (χ3v) is 2.33. The van der Waals surface area contributed by atoms with Crippen LogP contribution in [0.15, 0.2) is 16.9 Å². The van der Waals surface area contributed by atoms with E-state index >= 15 is 0 Å². The lowest BCUT2D eigenvalue weighted by atomic mass is 10.3. The maximum absolute atomic E-state index is 11.8. The first-order valence-electron chi connectivity index (χ1n) is 6.34. The fourth-order valence-corrected chi connectivity index (χ4v) is 1.46. The first kappa shape index (κ1) is 17.2. The van der Waals surface area contributed by atoms with Crippen LogP contribution in [0.1, 0.15) is 23.8 Å². The number of carbonyl (C=O) groups is 1. The van der Waals surface area contributed by atoms with Gasteiger partial charge in [0.25, 0.3) is 11.5 Å². The molecular weight excluding hydrogens is 291 g/mol. The predicted octanol–water partition coefficient (Wildman–Crippen LogP) is 0.962. The Hall–Kier alpha value is -1.90.